The van der Waals surface area contributed by atoms with E-state index in [1.807, 2.05) is 12.1 Å². The molecule has 43 heavy (non-hydrogen) atoms. The standard InChI is InChI=1S/C33H49N5O4S/c1-3-4-5-6-7-8-9-10-11-12-13-26-20-25(2)21-28(22-26)32-23-30(39)17-14-27(32)24-35-33(40)36-29-15-18-31(19-16-29)43(41,42)38-37-34/h14-19,23,25-26,28,39H,3-13,20-22,24H2,1-2H3,(H2,35,36,40). The van der Waals surface area contributed by atoms with Gasteiger partial charge in [-0.25, -0.2) is 13.2 Å². The van der Waals surface area contributed by atoms with Crippen LogP contribution in [0.25, 0.3) is 10.4 Å². The molecule has 0 aromatic heterocycles. The predicted octanol–water partition coefficient (Wildman–Crippen LogP) is 9.54. The first kappa shape index (κ1) is 34.3. The van der Waals surface area contributed by atoms with E-state index in [0.29, 0.717) is 30.0 Å². The summed E-state index contributed by atoms with van der Waals surface area (Å²) >= 11 is 0. The van der Waals surface area contributed by atoms with Gasteiger partial charge in [0.15, 0.2) is 0 Å². The number of nitrogens with zero attached hydrogens (tertiary/aromatic N) is 3. The summed E-state index contributed by atoms with van der Waals surface area (Å²) in [4.78, 5) is 14.8. The van der Waals surface area contributed by atoms with E-state index < -0.39 is 16.1 Å². The molecule has 1 aliphatic carbocycles. The molecule has 9 nitrogen and oxygen atoms in total. The van der Waals surface area contributed by atoms with Gasteiger partial charge in [-0.15, -0.1) is 0 Å². The van der Waals surface area contributed by atoms with Crippen molar-refractivity contribution in [3.63, 3.8) is 0 Å². The lowest BCUT2D eigenvalue weighted by molar-refractivity contribution is 0.235. The summed E-state index contributed by atoms with van der Waals surface area (Å²) in [5.74, 6) is 1.88. The molecule has 10 heteroatoms. The Morgan fingerprint density at radius 1 is 0.953 bits per heavy atom. The summed E-state index contributed by atoms with van der Waals surface area (Å²) in [7, 11) is -4.08. The SMILES string of the molecule is CCCCCCCCCCCCC1CC(C)CC(c2cc(O)ccc2CNC(=O)Nc2ccc(S(=O)(=O)N=[N+]=[N-])cc2)C1. The minimum Gasteiger partial charge on any atom is -0.508 e. The van der Waals surface area contributed by atoms with Crippen molar-refractivity contribution in [2.45, 2.75) is 121 Å². The maximum Gasteiger partial charge on any atom is 0.319 e. The van der Waals surface area contributed by atoms with Crippen molar-refractivity contribution >= 4 is 21.7 Å². The number of carbonyl (C=O) groups is 1. The lowest BCUT2D eigenvalue weighted by Crippen LogP contribution is -2.29. The lowest BCUT2D eigenvalue weighted by atomic mass is 9.71. The molecular weight excluding hydrogens is 562 g/mol. The summed E-state index contributed by atoms with van der Waals surface area (Å²) in [6, 6.07) is 10.4. The fourth-order valence-electron chi connectivity index (χ4n) is 6.44. The van der Waals surface area contributed by atoms with E-state index in [0.717, 1.165) is 24.0 Å². The highest BCUT2D eigenvalue weighted by Crippen LogP contribution is 2.43. The van der Waals surface area contributed by atoms with Crippen LogP contribution in [-0.4, -0.2) is 19.6 Å². The van der Waals surface area contributed by atoms with Gasteiger partial charge in [0.1, 0.15) is 5.75 Å². The van der Waals surface area contributed by atoms with Gasteiger partial charge in [-0.2, -0.15) is 0 Å². The second kappa shape index (κ2) is 17.8. The number of azide groups is 1. The number of carbonyl (C=O) groups excluding carboxylic acids is 1. The van der Waals surface area contributed by atoms with E-state index in [4.69, 9.17) is 5.53 Å². The van der Waals surface area contributed by atoms with Crippen molar-refractivity contribution in [1.29, 1.82) is 0 Å². The highest BCUT2D eigenvalue weighted by atomic mass is 32.2. The van der Waals surface area contributed by atoms with E-state index in [-0.39, 0.29) is 10.6 Å². The van der Waals surface area contributed by atoms with Crippen LogP contribution in [0, 0.1) is 11.8 Å². The number of unbranched alkanes of at least 4 members (excludes halogenated alkanes) is 9. The molecule has 0 heterocycles. The quantitative estimate of drug-likeness (QED) is 0.0708. The van der Waals surface area contributed by atoms with Crippen LogP contribution in [0.5, 0.6) is 5.75 Å². The first-order valence-electron chi connectivity index (χ1n) is 16.0. The number of sulfonamides is 1. The van der Waals surface area contributed by atoms with Crippen molar-refractivity contribution in [3.8, 4) is 5.75 Å². The first-order valence-corrected chi connectivity index (χ1v) is 17.4. The maximum absolute atomic E-state index is 12.6. The normalized spacial score (nSPS) is 18.5. The smallest absolute Gasteiger partial charge is 0.319 e. The van der Waals surface area contributed by atoms with Crippen molar-refractivity contribution in [3.05, 3.63) is 64.0 Å². The van der Waals surface area contributed by atoms with Crippen molar-refractivity contribution < 1.29 is 18.3 Å². The second-order valence-corrected chi connectivity index (χ2v) is 13.8. The molecule has 0 spiro atoms. The number of amides is 2. The number of urea groups is 1. The highest BCUT2D eigenvalue weighted by molar-refractivity contribution is 7.90. The number of hydrogen-bond acceptors (Lipinski definition) is 4. The molecular formula is C33H49N5O4S. The Labute approximate surface area is 257 Å². The Balaban J connectivity index is 1.50. The molecule has 3 rings (SSSR count). The van der Waals surface area contributed by atoms with Gasteiger partial charge in [0.25, 0.3) is 10.0 Å². The summed E-state index contributed by atoms with van der Waals surface area (Å²) in [6.07, 6.45) is 18.2. The van der Waals surface area contributed by atoms with E-state index in [9.17, 15) is 18.3 Å². The van der Waals surface area contributed by atoms with Gasteiger partial charge in [-0.1, -0.05) is 90.5 Å². The van der Waals surface area contributed by atoms with Crippen molar-refractivity contribution in [1.82, 2.24) is 5.32 Å². The van der Waals surface area contributed by atoms with Crippen LogP contribution in [0.4, 0.5) is 10.5 Å². The molecule has 0 bridgehead atoms. The summed E-state index contributed by atoms with van der Waals surface area (Å²) in [6.45, 7) is 4.89. The third-order valence-electron chi connectivity index (χ3n) is 8.57. The van der Waals surface area contributed by atoms with Crippen LogP contribution >= 0.6 is 0 Å². The summed E-state index contributed by atoms with van der Waals surface area (Å²) < 4.78 is 26.5. The van der Waals surface area contributed by atoms with E-state index in [1.54, 1.807) is 6.07 Å². The summed E-state index contributed by atoms with van der Waals surface area (Å²) in [5, 5.41) is 15.9. The van der Waals surface area contributed by atoms with E-state index in [1.165, 1.54) is 101 Å². The second-order valence-electron chi connectivity index (χ2n) is 12.2. The minimum atomic E-state index is -4.08. The number of phenols is 1. The number of hydrogen-bond donors (Lipinski definition) is 3. The molecule has 0 aliphatic heterocycles. The number of rotatable bonds is 17. The average molecular weight is 612 g/mol. The zero-order valence-corrected chi connectivity index (χ0v) is 26.6. The van der Waals surface area contributed by atoms with Crippen LogP contribution in [-0.2, 0) is 16.6 Å². The van der Waals surface area contributed by atoms with Gasteiger partial charge in [-0.3, -0.25) is 0 Å². The van der Waals surface area contributed by atoms with Crippen molar-refractivity contribution in [2.24, 2.45) is 16.4 Å². The topological polar surface area (TPSA) is 144 Å². The monoisotopic (exact) mass is 611 g/mol. The minimum absolute atomic E-state index is 0.154. The Morgan fingerprint density at radius 2 is 1.60 bits per heavy atom. The molecule has 3 atom stereocenters. The molecule has 2 aromatic rings. The third kappa shape index (κ3) is 11.8. The van der Waals surface area contributed by atoms with Crippen LogP contribution < -0.4 is 10.6 Å². The molecule has 3 N–H and O–H groups in total. The third-order valence-corrected chi connectivity index (χ3v) is 9.72. The molecule has 2 amide bonds. The zero-order chi connectivity index (χ0) is 31.1. The first-order chi connectivity index (χ1) is 20.7. The van der Waals surface area contributed by atoms with Gasteiger partial charge in [0.05, 0.1) is 4.90 Å². The summed E-state index contributed by atoms with van der Waals surface area (Å²) in [5.41, 5.74) is 10.9. The fourth-order valence-corrected chi connectivity index (χ4v) is 7.11. The Morgan fingerprint density at radius 3 is 2.26 bits per heavy atom. The molecule has 0 saturated heterocycles. The predicted molar refractivity (Wildman–Crippen MR) is 172 cm³/mol. The Bertz CT molecular complexity index is 1310. The fraction of sp³-hybridized carbons (Fsp3) is 0.606. The molecule has 236 valence electrons. The average Bonchev–Trinajstić information content (AvgIpc) is 2.97. The van der Waals surface area contributed by atoms with Crippen LogP contribution in [0.15, 0.2) is 51.9 Å². The highest BCUT2D eigenvalue weighted by Gasteiger charge is 2.29. The molecule has 1 saturated carbocycles. The van der Waals surface area contributed by atoms with Gasteiger partial charge in [-0.05, 0) is 90.1 Å². The lowest BCUT2D eigenvalue weighted by Gasteiger charge is -2.35. The van der Waals surface area contributed by atoms with Crippen molar-refractivity contribution in [2.75, 3.05) is 5.32 Å². The molecule has 3 unspecified atom stereocenters. The Kier molecular flexibility index (Phi) is 14.2. The van der Waals surface area contributed by atoms with Crippen LogP contribution in [0.2, 0.25) is 0 Å². The number of phenolic OH excluding ortho intramolecular Hbond substituents is 1. The largest absolute Gasteiger partial charge is 0.508 e. The van der Waals surface area contributed by atoms with Gasteiger partial charge in [0, 0.05) is 21.7 Å². The molecule has 0 radical (unpaired) electrons. The Hall–Kier alpha value is -3.23. The van der Waals surface area contributed by atoms with Gasteiger partial charge in [0.2, 0.25) is 0 Å². The molecule has 1 aliphatic rings. The number of aromatic hydroxyl groups is 1. The van der Waals surface area contributed by atoms with E-state index in [2.05, 4.69) is 33.9 Å². The molecule has 2 aromatic carbocycles. The van der Waals surface area contributed by atoms with Gasteiger partial charge < -0.3 is 15.7 Å². The van der Waals surface area contributed by atoms with E-state index >= 15 is 0 Å². The number of benzene rings is 2. The number of anilines is 1. The van der Waals surface area contributed by atoms with Gasteiger partial charge >= 0.3 is 6.03 Å². The van der Waals surface area contributed by atoms with Crippen LogP contribution in [0.3, 0.4) is 0 Å². The van der Waals surface area contributed by atoms with Crippen LogP contribution in [0.1, 0.15) is 121 Å². The zero-order valence-electron chi connectivity index (χ0n) is 25.8. The number of nitrogens with one attached hydrogen (secondary N) is 2. The molecule has 1 fully saturated rings. The maximum atomic E-state index is 12.6.